The van der Waals surface area contributed by atoms with Crippen LogP contribution in [0.15, 0.2) is 12.1 Å². The van der Waals surface area contributed by atoms with Gasteiger partial charge in [-0.25, -0.2) is 0 Å². The van der Waals surface area contributed by atoms with Gasteiger partial charge in [0.1, 0.15) is 0 Å². The van der Waals surface area contributed by atoms with E-state index in [1.807, 2.05) is 0 Å². The number of aryl methyl sites for hydroxylation is 1. The minimum absolute atomic E-state index is 0.230. The predicted octanol–water partition coefficient (Wildman–Crippen LogP) is 1.03. The molecule has 1 atom stereocenters. The second-order valence-corrected chi connectivity index (χ2v) is 4.59. The molecule has 0 fully saturated rings. The molecule has 0 aliphatic rings. The Morgan fingerprint density at radius 2 is 2.36 bits per heavy atom. The molecule has 0 amide bonds. The lowest BCUT2D eigenvalue weighted by Gasteiger charge is -2.14. The van der Waals surface area contributed by atoms with E-state index in [9.17, 15) is 0 Å². The maximum atomic E-state index is 8.66. The standard InChI is InChI=1S/C10H18N2OS/c1-8-3-4-10(14-8)9(7-11)12-5-2-6-13/h3-4,9,12-13H,2,5-7,11H2,1H3. The molecule has 1 heterocycles. The highest BCUT2D eigenvalue weighted by atomic mass is 32.1. The summed E-state index contributed by atoms with van der Waals surface area (Å²) in [7, 11) is 0. The second-order valence-electron chi connectivity index (χ2n) is 3.27. The molecule has 4 heteroatoms. The Morgan fingerprint density at radius 1 is 1.57 bits per heavy atom. The summed E-state index contributed by atoms with van der Waals surface area (Å²) in [5.41, 5.74) is 5.68. The van der Waals surface area contributed by atoms with Crippen LogP contribution in [0.4, 0.5) is 0 Å². The van der Waals surface area contributed by atoms with Gasteiger partial charge in [-0.1, -0.05) is 0 Å². The Bertz CT molecular complexity index is 262. The summed E-state index contributed by atoms with van der Waals surface area (Å²) >= 11 is 1.77. The van der Waals surface area contributed by atoms with Gasteiger partial charge in [0.25, 0.3) is 0 Å². The number of hydrogen-bond acceptors (Lipinski definition) is 4. The van der Waals surface area contributed by atoms with Crippen molar-refractivity contribution in [2.75, 3.05) is 19.7 Å². The highest BCUT2D eigenvalue weighted by molar-refractivity contribution is 7.12. The Balaban J connectivity index is 2.45. The number of rotatable bonds is 6. The van der Waals surface area contributed by atoms with Crippen molar-refractivity contribution < 1.29 is 5.11 Å². The van der Waals surface area contributed by atoms with Crippen molar-refractivity contribution in [1.82, 2.24) is 5.32 Å². The molecule has 14 heavy (non-hydrogen) atoms. The molecule has 1 rings (SSSR count). The van der Waals surface area contributed by atoms with Crippen molar-refractivity contribution in [3.63, 3.8) is 0 Å². The third-order valence-electron chi connectivity index (χ3n) is 2.07. The van der Waals surface area contributed by atoms with Gasteiger partial charge in [0.05, 0.1) is 6.04 Å². The molecule has 4 N–H and O–H groups in total. The number of nitrogens with one attached hydrogen (secondary N) is 1. The van der Waals surface area contributed by atoms with Gasteiger partial charge in [0.2, 0.25) is 0 Å². The summed E-state index contributed by atoms with van der Waals surface area (Å²) in [5.74, 6) is 0. The van der Waals surface area contributed by atoms with E-state index in [4.69, 9.17) is 10.8 Å². The quantitative estimate of drug-likeness (QED) is 0.620. The molecule has 3 nitrogen and oxygen atoms in total. The molecule has 0 bridgehead atoms. The van der Waals surface area contributed by atoms with Crippen molar-refractivity contribution >= 4 is 11.3 Å². The molecule has 80 valence electrons. The third-order valence-corrected chi connectivity index (χ3v) is 3.18. The number of thiophene rings is 1. The number of aliphatic hydroxyl groups excluding tert-OH is 1. The third kappa shape index (κ3) is 3.38. The molecule has 0 spiro atoms. The first kappa shape index (κ1) is 11.7. The average Bonchev–Trinajstić information content (AvgIpc) is 2.60. The monoisotopic (exact) mass is 214 g/mol. The summed E-state index contributed by atoms with van der Waals surface area (Å²) in [6.07, 6.45) is 0.779. The van der Waals surface area contributed by atoms with Crippen LogP contribution >= 0.6 is 11.3 Å². The van der Waals surface area contributed by atoms with E-state index in [0.29, 0.717) is 6.54 Å². The lowest BCUT2D eigenvalue weighted by Crippen LogP contribution is -2.28. The minimum atomic E-state index is 0.230. The molecule has 0 saturated carbocycles. The van der Waals surface area contributed by atoms with Crippen molar-refractivity contribution in [3.8, 4) is 0 Å². The zero-order valence-electron chi connectivity index (χ0n) is 8.49. The van der Waals surface area contributed by atoms with Crippen LogP contribution in [0.1, 0.15) is 22.2 Å². The zero-order valence-corrected chi connectivity index (χ0v) is 9.31. The van der Waals surface area contributed by atoms with Gasteiger partial charge in [-0.3, -0.25) is 0 Å². The fourth-order valence-electron chi connectivity index (χ4n) is 1.30. The smallest absolute Gasteiger partial charge is 0.0539 e. The second kappa shape index (κ2) is 6.14. The summed E-state index contributed by atoms with van der Waals surface area (Å²) in [6, 6.07) is 4.46. The largest absolute Gasteiger partial charge is 0.396 e. The van der Waals surface area contributed by atoms with Crippen LogP contribution in [-0.2, 0) is 0 Å². The number of nitrogens with two attached hydrogens (primary N) is 1. The highest BCUT2D eigenvalue weighted by Gasteiger charge is 2.09. The lowest BCUT2D eigenvalue weighted by molar-refractivity contribution is 0.283. The SMILES string of the molecule is Cc1ccc(C(CN)NCCCO)s1. The first-order valence-electron chi connectivity index (χ1n) is 4.88. The van der Waals surface area contributed by atoms with Gasteiger partial charge in [-0.2, -0.15) is 0 Å². The fraction of sp³-hybridized carbons (Fsp3) is 0.600. The molecular formula is C10H18N2OS. The lowest BCUT2D eigenvalue weighted by atomic mass is 10.2. The molecule has 1 unspecified atom stereocenters. The Hall–Kier alpha value is -0.420. The van der Waals surface area contributed by atoms with Crippen molar-refractivity contribution in [2.45, 2.75) is 19.4 Å². The van der Waals surface area contributed by atoms with Crippen molar-refractivity contribution in [3.05, 3.63) is 21.9 Å². The zero-order chi connectivity index (χ0) is 10.4. The minimum Gasteiger partial charge on any atom is -0.396 e. The van der Waals surface area contributed by atoms with Crippen molar-refractivity contribution in [2.24, 2.45) is 5.73 Å². The van der Waals surface area contributed by atoms with E-state index in [2.05, 4.69) is 24.4 Å². The van der Waals surface area contributed by atoms with Crippen LogP contribution in [0.5, 0.6) is 0 Å². The van der Waals surface area contributed by atoms with Gasteiger partial charge in [-0.05, 0) is 32.0 Å². The molecule has 0 aliphatic heterocycles. The maximum Gasteiger partial charge on any atom is 0.0539 e. The summed E-state index contributed by atoms with van der Waals surface area (Å²) in [4.78, 5) is 2.59. The first-order chi connectivity index (χ1) is 6.77. The van der Waals surface area contributed by atoms with E-state index >= 15 is 0 Å². The Morgan fingerprint density at radius 3 is 2.86 bits per heavy atom. The molecule has 1 aromatic heterocycles. The van der Waals surface area contributed by atoms with Crippen LogP contribution < -0.4 is 11.1 Å². The van der Waals surface area contributed by atoms with Gasteiger partial charge in [0, 0.05) is 22.9 Å². The molecule has 0 saturated heterocycles. The summed E-state index contributed by atoms with van der Waals surface area (Å²) < 4.78 is 0. The normalized spacial score (nSPS) is 13.1. The molecular weight excluding hydrogens is 196 g/mol. The Kier molecular flexibility index (Phi) is 5.11. The number of hydrogen-bond donors (Lipinski definition) is 3. The van der Waals surface area contributed by atoms with Gasteiger partial charge < -0.3 is 16.2 Å². The van der Waals surface area contributed by atoms with E-state index in [-0.39, 0.29) is 12.6 Å². The van der Waals surface area contributed by atoms with Crippen LogP contribution in [0, 0.1) is 6.92 Å². The van der Waals surface area contributed by atoms with E-state index in [1.165, 1.54) is 9.75 Å². The Labute approximate surface area is 88.9 Å². The van der Waals surface area contributed by atoms with Crippen molar-refractivity contribution in [1.29, 1.82) is 0 Å². The maximum absolute atomic E-state index is 8.66. The predicted molar refractivity (Wildman–Crippen MR) is 60.6 cm³/mol. The highest BCUT2D eigenvalue weighted by Crippen LogP contribution is 2.21. The van der Waals surface area contributed by atoms with Crippen LogP contribution in [0.2, 0.25) is 0 Å². The molecule has 1 aromatic rings. The van der Waals surface area contributed by atoms with E-state index < -0.39 is 0 Å². The van der Waals surface area contributed by atoms with Crippen LogP contribution in [0.3, 0.4) is 0 Å². The van der Waals surface area contributed by atoms with Gasteiger partial charge in [-0.15, -0.1) is 11.3 Å². The van der Waals surface area contributed by atoms with Crippen LogP contribution in [0.25, 0.3) is 0 Å². The molecule has 0 radical (unpaired) electrons. The van der Waals surface area contributed by atoms with E-state index in [0.717, 1.165) is 13.0 Å². The first-order valence-corrected chi connectivity index (χ1v) is 5.70. The topological polar surface area (TPSA) is 58.3 Å². The molecule has 0 aromatic carbocycles. The average molecular weight is 214 g/mol. The molecule has 0 aliphatic carbocycles. The fourth-order valence-corrected chi connectivity index (χ4v) is 2.26. The van der Waals surface area contributed by atoms with Gasteiger partial charge in [0.15, 0.2) is 0 Å². The summed E-state index contributed by atoms with van der Waals surface area (Å²) in [6.45, 7) is 3.74. The van der Waals surface area contributed by atoms with E-state index in [1.54, 1.807) is 11.3 Å². The van der Waals surface area contributed by atoms with Crippen LogP contribution in [-0.4, -0.2) is 24.8 Å². The number of aliphatic hydroxyl groups is 1. The summed E-state index contributed by atoms with van der Waals surface area (Å²) in [5, 5.41) is 12.0. The van der Waals surface area contributed by atoms with Gasteiger partial charge >= 0.3 is 0 Å².